The standard InChI is InChI=1S/C13H16BrNO2.C9H9NO2.C4H8Br2.CH2O3.2K.H/c14-7-1-2-8-17-11-5-3-10-4-6-13(16)15-12(10)9-11;11-7-3-1-6-2-4-9(12)10-8(6)5-7;5-3-1-2-4-6;2-1-4-3;;;/h3,5,9H,1-2,4,6-8H2,(H,15,16);1,3,5,11H,2,4H2,(H,10,12);1-4H2;1,3H;;;/q;;;;2*+1;-1/p-1. The minimum Gasteiger partial charge on any atom is -1.00 e. The Kier molecular flexibility index (Phi) is 30.9. The van der Waals surface area contributed by atoms with E-state index in [1.165, 1.54) is 18.4 Å². The van der Waals surface area contributed by atoms with Crippen molar-refractivity contribution < 1.29 is 139 Å². The number of hydrogen-bond donors (Lipinski definition) is 3. The zero-order chi connectivity index (χ0) is 28.9. The predicted octanol–water partition coefficient (Wildman–Crippen LogP) is -0.486. The van der Waals surface area contributed by atoms with Crippen molar-refractivity contribution in [1.82, 2.24) is 0 Å². The maximum absolute atomic E-state index is 11.3. The number of benzene rings is 2. The normalized spacial score (nSPS) is 12.1. The third kappa shape index (κ3) is 20.7. The number of carbonyl (C=O) groups excluding carboxylic acids is 3. The van der Waals surface area contributed by atoms with E-state index >= 15 is 0 Å². The van der Waals surface area contributed by atoms with Gasteiger partial charge in [0.25, 0.3) is 6.47 Å². The van der Waals surface area contributed by atoms with Crippen LogP contribution < -0.4 is 123 Å². The van der Waals surface area contributed by atoms with Crippen LogP contribution in [0.3, 0.4) is 0 Å². The molecule has 2 aromatic rings. The van der Waals surface area contributed by atoms with Gasteiger partial charge in [-0.2, -0.15) is 0 Å². The van der Waals surface area contributed by atoms with Crippen LogP contribution in [0.5, 0.6) is 11.5 Å². The van der Waals surface area contributed by atoms with Crippen LogP contribution >= 0.6 is 47.8 Å². The van der Waals surface area contributed by atoms with Crippen molar-refractivity contribution in [1.29, 1.82) is 0 Å². The number of ether oxygens (including phenoxy) is 1. The molecule has 4 rings (SSSR count). The van der Waals surface area contributed by atoms with Crippen molar-refractivity contribution in [2.24, 2.45) is 0 Å². The topological polar surface area (TPSA) is 137 Å². The molecule has 0 aromatic heterocycles. The molecule has 3 N–H and O–H groups in total. The summed E-state index contributed by atoms with van der Waals surface area (Å²) in [5.41, 5.74) is 3.93. The van der Waals surface area contributed by atoms with Crippen molar-refractivity contribution in [3.8, 4) is 11.5 Å². The number of halogens is 3. The van der Waals surface area contributed by atoms with Crippen LogP contribution in [0.2, 0.25) is 0 Å². The monoisotopic (exact) mass is 814 g/mol. The quantitative estimate of drug-likeness (QED) is 0.0777. The third-order valence-electron chi connectivity index (χ3n) is 5.32. The van der Waals surface area contributed by atoms with Gasteiger partial charge >= 0.3 is 103 Å². The number of phenols is 1. The molecule has 0 unspecified atom stereocenters. The van der Waals surface area contributed by atoms with Gasteiger partial charge in [-0.3, -0.25) is 14.4 Å². The van der Waals surface area contributed by atoms with Crippen LogP contribution in [-0.4, -0.2) is 46.0 Å². The van der Waals surface area contributed by atoms with E-state index in [0.717, 1.165) is 71.0 Å². The van der Waals surface area contributed by atoms with E-state index in [9.17, 15) is 9.59 Å². The summed E-state index contributed by atoms with van der Waals surface area (Å²) in [7, 11) is 0. The molecule has 0 saturated heterocycles. The van der Waals surface area contributed by atoms with Crippen molar-refractivity contribution in [3.05, 3.63) is 47.5 Å². The van der Waals surface area contributed by atoms with E-state index in [2.05, 4.69) is 63.3 Å². The van der Waals surface area contributed by atoms with Gasteiger partial charge < -0.3 is 32.0 Å². The van der Waals surface area contributed by atoms with Crippen molar-refractivity contribution in [2.45, 2.75) is 51.4 Å². The third-order valence-corrected chi connectivity index (χ3v) is 7.00. The molecule has 0 radical (unpaired) electrons. The Morgan fingerprint density at radius 1 is 0.805 bits per heavy atom. The minimum atomic E-state index is -0.181. The number of aromatic hydroxyl groups is 1. The van der Waals surface area contributed by atoms with E-state index in [1.807, 2.05) is 24.3 Å². The van der Waals surface area contributed by atoms with Gasteiger partial charge in [0, 0.05) is 52.3 Å². The molecule has 0 spiro atoms. The van der Waals surface area contributed by atoms with Gasteiger partial charge in [0.15, 0.2) is 0 Å². The van der Waals surface area contributed by atoms with Crippen molar-refractivity contribution in [2.75, 3.05) is 33.2 Å². The van der Waals surface area contributed by atoms with Gasteiger partial charge in [-0.25, -0.2) is 0 Å². The average molecular weight is 817 g/mol. The maximum Gasteiger partial charge on any atom is 1.00 e. The largest absolute Gasteiger partial charge is 1.00 e. The Morgan fingerprint density at radius 3 is 1.76 bits per heavy atom. The number of phenolic OH excluding ortho intramolecular Hbond substituents is 1. The van der Waals surface area contributed by atoms with Gasteiger partial charge in [0.2, 0.25) is 11.8 Å². The van der Waals surface area contributed by atoms with E-state index in [1.54, 1.807) is 12.1 Å². The maximum atomic E-state index is 11.3. The number of aryl methyl sites for hydroxylation is 2. The fourth-order valence-corrected chi connectivity index (χ4v) is 4.57. The van der Waals surface area contributed by atoms with E-state index in [-0.39, 0.29) is 128 Å². The average Bonchev–Trinajstić information content (AvgIpc) is 2.94. The number of alkyl halides is 3. The van der Waals surface area contributed by atoms with Gasteiger partial charge in [0.05, 0.1) is 6.61 Å². The first-order valence-electron chi connectivity index (χ1n) is 12.5. The summed E-state index contributed by atoms with van der Waals surface area (Å²) in [4.78, 5) is 33.5. The van der Waals surface area contributed by atoms with Crippen LogP contribution in [0.1, 0.15) is 51.1 Å². The molecule has 0 aliphatic carbocycles. The molecule has 0 atom stereocenters. The van der Waals surface area contributed by atoms with Gasteiger partial charge in [0.1, 0.15) is 11.5 Å². The molecular weight excluding hydrogens is 782 g/mol. The summed E-state index contributed by atoms with van der Waals surface area (Å²) in [6, 6.07) is 11.0. The number of fused-ring (bicyclic) bond motifs is 2. The minimum absolute atomic E-state index is 0. The smallest absolute Gasteiger partial charge is 1.00 e. The molecule has 2 amide bonds. The summed E-state index contributed by atoms with van der Waals surface area (Å²) in [5.74, 6) is 1.14. The second-order valence-corrected chi connectivity index (χ2v) is 10.7. The summed E-state index contributed by atoms with van der Waals surface area (Å²) in [6.45, 7) is 0.540. The molecule has 9 nitrogen and oxygen atoms in total. The van der Waals surface area contributed by atoms with Crippen LogP contribution in [-0.2, 0) is 32.1 Å². The van der Waals surface area contributed by atoms with Gasteiger partial charge in [-0.05, 0) is 61.8 Å². The number of anilines is 2. The van der Waals surface area contributed by atoms with Gasteiger partial charge in [-0.15, -0.1) is 0 Å². The molecule has 2 heterocycles. The number of unbranched alkanes of at least 4 members (excludes halogenated alkanes) is 2. The van der Waals surface area contributed by atoms with Crippen LogP contribution in [0.4, 0.5) is 11.4 Å². The first-order chi connectivity index (χ1) is 18.9. The second-order valence-electron chi connectivity index (χ2n) is 8.28. The van der Waals surface area contributed by atoms with E-state index in [4.69, 9.17) is 19.9 Å². The summed E-state index contributed by atoms with van der Waals surface area (Å²) < 4.78 is 5.64. The zero-order valence-electron chi connectivity index (χ0n) is 24.6. The Morgan fingerprint density at radius 2 is 1.27 bits per heavy atom. The zero-order valence-corrected chi connectivity index (χ0v) is 34.6. The Hall–Kier alpha value is 1.12. The van der Waals surface area contributed by atoms with Gasteiger partial charge in [-0.1, -0.05) is 59.9 Å². The van der Waals surface area contributed by atoms with Crippen molar-refractivity contribution >= 4 is 77.5 Å². The van der Waals surface area contributed by atoms with Crippen LogP contribution in [0, 0.1) is 0 Å². The predicted molar refractivity (Wildman–Crippen MR) is 162 cm³/mol. The van der Waals surface area contributed by atoms with Crippen LogP contribution in [0.25, 0.3) is 0 Å². The Balaban J connectivity index is -0.000000535. The van der Waals surface area contributed by atoms with Crippen molar-refractivity contribution in [3.63, 3.8) is 0 Å². The summed E-state index contributed by atoms with van der Waals surface area (Å²) in [6.07, 6.45) is 7.43. The Bertz CT molecular complexity index is 1040. The van der Waals surface area contributed by atoms with E-state index in [0.29, 0.717) is 12.8 Å². The molecule has 0 bridgehead atoms. The van der Waals surface area contributed by atoms with Crippen LogP contribution in [0.15, 0.2) is 36.4 Å². The molecule has 2 aliphatic rings. The number of nitrogens with one attached hydrogen (secondary N) is 2. The Labute approximate surface area is 353 Å². The molecule has 218 valence electrons. The number of rotatable bonds is 9. The molecule has 0 fully saturated rings. The summed E-state index contributed by atoms with van der Waals surface area (Å²) in [5, 5.41) is 26.4. The molecular formula is C27H35Br3K2N2O7. The first kappa shape index (κ1) is 44.2. The fourth-order valence-electron chi connectivity index (χ4n) is 3.38. The molecule has 2 aromatic carbocycles. The summed E-state index contributed by atoms with van der Waals surface area (Å²) >= 11 is 10.0. The fraction of sp³-hybridized carbons (Fsp3) is 0.444. The number of hydrogen-bond acceptors (Lipinski definition) is 7. The molecule has 2 aliphatic heterocycles. The molecule has 41 heavy (non-hydrogen) atoms. The SMILES string of the molecule is BrCCCCBr.O=C1CCc2ccc(O)cc2N1.O=C1CCc2ccc(OCCCCBr)cc2N1.O=CO[O-].[H-].[K+].[K+]. The van der Waals surface area contributed by atoms with E-state index < -0.39 is 0 Å². The number of amides is 2. The first-order valence-corrected chi connectivity index (χ1v) is 15.8. The second kappa shape index (κ2) is 28.6. The molecule has 0 saturated carbocycles. The number of carbonyl (C=O) groups is 3. The molecule has 14 heteroatoms.